The fourth-order valence-electron chi connectivity index (χ4n) is 3.94. The molecule has 3 aromatic rings. The number of hydrogen-bond acceptors (Lipinski definition) is 3. The molecular formula is C21H21N3O. The van der Waals surface area contributed by atoms with Crippen molar-refractivity contribution in [2.24, 2.45) is 0 Å². The minimum atomic E-state index is -0.364. The van der Waals surface area contributed by atoms with E-state index in [2.05, 4.69) is 36.8 Å². The van der Waals surface area contributed by atoms with Crippen LogP contribution in [-0.4, -0.2) is 22.9 Å². The number of anilines is 1. The highest BCUT2D eigenvalue weighted by Gasteiger charge is 2.38. The van der Waals surface area contributed by atoms with Gasteiger partial charge in [0.05, 0.1) is 11.2 Å². The van der Waals surface area contributed by atoms with Gasteiger partial charge in [0, 0.05) is 18.1 Å². The molecule has 0 spiro atoms. The fraction of sp³-hybridized carbons (Fsp3) is 0.286. The number of carbonyl (C=O) groups excluding carboxylic acids is 1. The second-order valence-electron chi connectivity index (χ2n) is 6.68. The minimum Gasteiger partial charge on any atom is -0.314 e. The van der Waals surface area contributed by atoms with Gasteiger partial charge in [0.2, 0.25) is 5.91 Å². The van der Waals surface area contributed by atoms with Crippen LogP contribution >= 0.6 is 0 Å². The number of para-hydroxylation sites is 1. The summed E-state index contributed by atoms with van der Waals surface area (Å²) in [4.78, 5) is 23.8. The van der Waals surface area contributed by atoms with Crippen LogP contribution in [0.3, 0.4) is 0 Å². The maximum absolute atomic E-state index is 13.0. The number of carbonyl (C=O) groups is 1. The molecule has 4 nitrogen and oxygen atoms in total. The normalized spacial score (nSPS) is 16.6. The zero-order chi connectivity index (χ0) is 17.7. The molecule has 1 atom stereocenters. The van der Waals surface area contributed by atoms with Crippen LogP contribution in [-0.2, 0) is 11.2 Å². The van der Waals surface area contributed by atoms with Crippen LogP contribution in [0.2, 0.25) is 0 Å². The SMILES string of the molecule is CCc1cc2ncnc(C3C(=O)N(C)c4ccccc43)c2c(C)c1C. The quantitative estimate of drug-likeness (QED) is 0.715. The number of nitrogens with zero attached hydrogens (tertiary/aromatic N) is 3. The van der Waals surface area contributed by atoms with E-state index in [0.717, 1.165) is 34.3 Å². The van der Waals surface area contributed by atoms with E-state index in [4.69, 9.17) is 0 Å². The standard InChI is InChI=1S/C21H21N3O/c1-5-14-10-16-18(13(3)12(14)2)20(23-11-22-16)19-15-8-6-7-9-17(15)24(4)21(19)25/h6-11,19H,5H2,1-4H3. The lowest BCUT2D eigenvalue weighted by Gasteiger charge is -2.17. The number of amides is 1. The molecule has 1 aliphatic heterocycles. The average molecular weight is 331 g/mol. The molecular weight excluding hydrogens is 310 g/mol. The zero-order valence-corrected chi connectivity index (χ0v) is 15.0. The van der Waals surface area contributed by atoms with Crippen molar-refractivity contribution in [1.29, 1.82) is 0 Å². The van der Waals surface area contributed by atoms with Gasteiger partial charge >= 0.3 is 0 Å². The van der Waals surface area contributed by atoms with Crippen molar-refractivity contribution in [2.75, 3.05) is 11.9 Å². The lowest BCUT2D eigenvalue weighted by atomic mass is 9.89. The molecule has 1 aromatic heterocycles. The summed E-state index contributed by atoms with van der Waals surface area (Å²) < 4.78 is 0. The van der Waals surface area contributed by atoms with Gasteiger partial charge in [-0.2, -0.15) is 0 Å². The van der Waals surface area contributed by atoms with Gasteiger partial charge in [0.25, 0.3) is 0 Å². The first-order chi connectivity index (χ1) is 12.0. The van der Waals surface area contributed by atoms with Gasteiger partial charge in [0.1, 0.15) is 12.2 Å². The van der Waals surface area contributed by atoms with Crippen molar-refractivity contribution in [3.8, 4) is 0 Å². The van der Waals surface area contributed by atoms with E-state index in [1.807, 2.05) is 31.3 Å². The summed E-state index contributed by atoms with van der Waals surface area (Å²) in [6.45, 7) is 6.40. The third-order valence-corrected chi connectivity index (χ3v) is 5.48. The van der Waals surface area contributed by atoms with E-state index in [0.29, 0.717) is 0 Å². The van der Waals surface area contributed by atoms with Gasteiger partial charge in [-0.05, 0) is 54.7 Å². The Morgan fingerprint density at radius 2 is 1.88 bits per heavy atom. The third-order valence-electron chi connectivity index (χ3n) is 5.48. The first-order valence-electron chi connectivity index (χ1n) is 8.64. The van der Waals surface area contributed by atoms with E-state index < -0.39 is 0 Å². The number of fused-ring (bicyclic) bond motifs is 2. The molecule has 126 valence electrons. The van der Waals surface area contributed by atoms with Gasteiger partial charge in [-0.15, -0.1) is 0 Å². The van der Waals surface area contributed by atoms with Gasteiger partial charge in [0.15, 0.2) is 0 Å². The second-order valence-corrected chi connectivity index (χ2v) is 6.68. The molecule has 4 heteroatoms. The van der Waals surface area contributed by atoms with Crippen LogP contribution in [0.1, 0.15) is 40.8 Å². The Morgan fingerprint density at radius 3 is 2.64 bits per heavy atom. The monoisotopic (exact) mass is 331 g/mol. The summed E-state index contributed by atoms with van der Waals surface area (Å²) in [6, 6.07) is 10.1. The van der Waals surface area contributed by atoms with Crippen molar-refractivity contribution < 1.29 is 4.79 Å². The number of rotatable bonds is 2. The average Bonchev–Trinajstić information content (AvgIpc) is 2.89. The van der Waals surface area contributed by atoms with E-state index in [1.54, 1.807) is 11.2 Å². The lowest BCUT2D eigenvalue weighted by molar-refractivity contribution is -0.118. The van der Waals surface area contributed by atoms with Crippen LogP contribution in [0, 0.1) is 13.8 Å². The minimum absolute atomic E-state index is 0.0674. The first kappa shape index (κ1) is 15.8. The Bertz CT molecular complexity index is 1010. The van der Waals surface area contributed by atoms with Crippen molar-refractivity contribution >= 4 is 22.5 Å². The molecule has 0 saturated heterocycles. The Morgan fingerprint density at radius 1 is 1.12 bits per heavy atom. The van der Waals surface area contributed by atoms with E-state index in [-0.39, 0.29) is 11.8 Å². The molecule has 0 saturated carbocycles. The molecule has 0 fully saturated rings. The van der Waals surface area contributed by atoms with Crippen LogP contribution in [0.25, 0.3) is 10.9 Å². The smallest absolute Gasteiger partial charge is 0.240 e. The topological polar surface area (TPSA) is 46.1 Å². The summed E-state index contributed by atoms with van der Waals surface area (Å²) in [5.41, 5.74) is 7.45. The predicted molar refractivity (Wildman–Crippen MR) is 100 cm³/mol. The van der Waals surface area contributed by atoms with Crippen LogP contribution in [0.4, 0.5) is 5.69 Å². The molecule has 0 N–H and O–H groups in total. The summed E-state index contributed by atoms with van der Waals surface area (Å²) in [7, 11) is 1.83. The Labute approximate surface area is 147 Å². The zero-order valence-electron chi connectivity index (χ0n) is 15.0. The summed E-state index contributed by atoms with van der Waals surface area (Å²) >= 11 is 0. The number of aromatic nitrogens is 2. The molecule has 1 amide bonds. The number of aryl methyl sites for hydroxylation is 2. The highest BCUT2D eigenvalue weighted by atomic mass is 16.2. The second kappa shape index (κ2) is 5.66. The van der Waals surface area contributed by atoms with Crippen LogP contribution < -0.4 is 4.90 Å². The highest BCUT2D eigenvalue weighted by molar-refractivity contribution is 6.08. The largest absolute Gasteiger partial charge is 0.314 e. The third kappa shape index (κ3) is 2.17. The van der Waals surface area contributed by atoms with Crippen molar-refractivity contribution in [2.45, 2.75) is 33.1 Å². The van der Waals surface area contributed by atoms with Crippen molar-refractivity contribution in [3.63, 3.8) is 0 Å². The number of likely N-dealkylation sites (N-methyl/N-ethyl adjacent to an activating group) is 1. The maximum atomic E-state index is 13.0. The van der Waals surface area contributed by atoms with Crippen LogP contribution in [0.5, 0.6) is 0 Å². The van der Waals surface area contributed by atoms with Gasteiger partial charge < -0.3 is 4.90 Å². The molecule has 1 aliphatic rings. The summed E-state index contributed by atoms with van der Waals surface area (Å²) in [5, 5.41) is 1.01. The van der Waals surface area contributed by atoms with Crippen molar-refractivity contribution in [3.05, 3.63) is 64.6 Å². The van der Waals surface area contributed by atoms with Crippen molar-refractivity contribution in [1.82, 2.24) is 9.97 Å². The molecule has 0 bridgehead atoms. The Balaban J connectivity index is 2.03. The number of benzene rings is 2. The summed E-state index contributed by atoms with van der Waals surface area (Å²) in [5.74, 6) is -0.296. The van der Waals surface area contributed by atoms with E-state index in [9.17, 15) is 4.79 Å². The maximum Gasteiger partial charge on any atom is 0.240 e. The van der Waals surface area contributed by atoms with Gasteiger partial charge in [-0.25, -0.2) is 9.97 Å². The Hall–Kier alpha value is -2.75. The molecule has 0 radical (unpaired) electrons. The van der Waals surface area contributed by atoms with E-state index in [1.165, 1.54) is 16.7 Å². The Kier molecular flexibility index (Phi) is 3.57. The molecule has 0 aliphatic carbocycles. The van der Waals surface area contributed by atoms with Gasteiger partial charge in [-0.3, -0.25) is 4.79 Å². The first-order valence-corrected chi connectivity index (χ1v) is 8.64. The molecule has 2 heterocycles. The lowest BCUT2D eigenvalue weighted by Crippen LogP contribution is -2.25. The molecule has 2 aromatic carbocycles. The molecule has 4 rings (SSSR count). The van der Waals surface area contributed by atoms with E-state index >= 15 is 0 Å². The fourth-order valence-corrected chi connectivity index (χ4v) is 3.94. The molecule has 25 heavy (non-hydrogen) atoms. The van der Waals surface area contributed by atoms with Gasteiger partial charge in [-0.1, -0.05) is 25.1 Å². The molecule has 1 unspecified atom stereocenters. The van der Waals surface area contributed by atoms with Crippen LogP contribution in [0.15, 0.2) is 36.7 Å². The highest BCUT2D eigenvalue weighted by Crippen LogP contribution is 2.42. The predicted octanol–water partition coefficient (Wildman–Crippen LogP) is 3.92. The number of hydrogen-bond donors (Lipinski definition) is 0. The summed E-state index contributed by atoms with van der Waals surface area (Å²) in [6.07, 6.45) is 2.55.